The molecule has 21 heavy (non-hydrogen) atoms. The largest absolute Gasteiger partial charge is 0.334 e. The van der Waals surface area contributed by atoms with E-state index in [9.17, 15) is 4.79 Å². The minimum atomic E-state index is 0.199. The van der Waals surface area contributed by atoms with Crippen LogP contribution in [0, 0.1) is 6.92 Å². The molecular formula is C17H25N3O. The molecule has 1 aromatic rings. The Bertz CT molecular complexity index is 520. The number of aromatic nitrogens is 1. The molecule has 2 saturated heterocycles. The van der Waals surface area contributed by atoms with Gasteiger partial charge in [0.15, 0.2) is 0 Å². The molecule has 3 heterocycles. The lowest BCUT2D eigenvalue weighted by atomic mass is 9.84. The first kappa shape index (κ1) is 14.5. The molecule has 1 aromatic heterocycles. The molecular weight excluding hydrogens is 262 g/mol. The van der Waals surface area contributed by atoms with Gasteiger partial charge in [-0.15, -0.1) is 0 Å². The molecule has 2 aliphatic heterocycles. The number of carbonyl (C=O) groups is 1. The van der Waals surface area contributed by atoms with E-state index >= 15 is 0 Å². The number of piperidine rings is 1. The van der Waals surface area contributed by atoms with Gasteiger partial charge in [0.2, 0.25) is 5.91 Å². The van der Waals surface area contributed by atoms with Gasteiger partial charge in [-0.2, -0.15) is 0 Å². The average Bonchev–Trinajstić information content (AvgIpc) is 2.40. The number of amides is 1. The van der Waals surface area contributed by atoms with E-state index in [1.807, 2.05) is 25.3 Å². The highest BCUT2D eigenvalue weighted by Gasteiger charge is 2.48. The molecule has 0 aliphatic carbocycles. The molecule has 0 spiro atoms. The molecule has 0 saturated carbocycles. The Kier molecular flexibility index (Phi) is 3.52. The van der Waals surface area contributed by atoms with Crippen molar-refractivity contribution in [1.29, 1.82) is 0 Å². The van der Waals surface area contributed by atoms with E-state index in [1.165, 1.54) is 6.42 Å². The van der Waals surface area contributed by atoms with Crippen molar-refractivity contribution in [2.24, 2.45) is 0 Å². The second-order valence-electron chi connectivity index (χ2n) is 7.42. The van der Waals surface area contributed by atoms with Crippen LogP contribution in [0.1, 0.15) is 38.4 Å². The second kappa shape index (κ2) is 5.09. The van der Waals surface area contributed by atoms with Crippen molar-refractivity contribution in [3.63, 3.8) is 0 Å². The van der Waals surface area contributed by atoms with E-state index in [0.717, 1.165) is 24.3 Å². The molecule has 3 rings (SSSR count). The summed E-state index contributed by atoms with van der Waals surface area (Å²) in [5, 5.41) is 0. The van der Waals surface area contributed by atoms with E-state index in [-0.39, 0.29) is 11.4 Å². The maximum Gasteiger partial charge on any atom is 0.229 e. The van der Waals surface area contributed by atoms with Crippen LogP contribution in [0.3, 0.4) is 0 Å². The Morgan fingerprint density at radius 3 is 2.48 bits per heavy atom. The molecule has 0 radical (unpaired) electrons. The van der Waals surface area contributed by atoms with E-state index in [2.05, 4.69) is 35.6 Å². The number of fused-ring (bicyclic) bond motifs is 2. The topological polar surface area (TPSA) is 36.4 Å². The summed E-state index contributed by atoms with van der Waals surface area (Å²) < 4.78 is 0. The third-order valence-electron chi connectivity index (χ3n) is 4.73. The molecule has 4 heteroatoms. The van der Waals surface area contributed by atoms with Crippen LogP contribution >= 0.6 is 0 Å². The standard InChI is InChI=1S/C17H25N3O/c1-12-5-6-13(18-9-12)7-16(21)20-14-8-15(20)11-19(10-14)17(2,3)4/h5-6,9,14-15H,7-8,10-11H2,1-4H3. The Morgan fingerprint density at radius 1 is 1.29 bits per heavy atom. The normalized spacial score (nSPS) is 25.6. The number of nitrogens with zero attached hydrogens (tertiary/aromatic N) is 3. The van der Waals surface area contributed by atoms with Gasteiger partial charge in [0, 0.05) is 42.6 Å². The van der Waals surface area contributed by atoms with Crippen LogP contribution in [0.15, 0.2) is 18.3 Å². The summed E-state index contributed by atoms with van der Waals surface area (Å²) in [7, 11) is 0. The summed E-state index contributed by atoms with van der Waals surface area (Å²) in [5.74, 6) is 0.237. The van der Waals surface area contributed by atoms with Crippen LogP contribution in [0.4, 0.5) is 0 Å². The van der Waals surface area contributed by atoms with Crippen LogP contribution in [-0.2, 0) is 11.2 Å². The van der Waals surface area contributed by atoms with E-state index < -0.39 is 0 Å². The number of carbonyl (C=O) groups excluding carboxylic acids is 1. The Labute approximate surface area is 127 Å². The van der Waals surface area contributed by atoms with Gasteiger partial charge >= 0.3 is 0 Å². The average molecular weight is 287 g/mol. The fourth-order valence-corrected chi connectivity index (χ4v) is 3.41. The number of rotatable bonds is 2. The molecule has 0 N–H and O–H groups in total. The fraction of sp³-hybridized carbons (Fsp3) is 0.647. The van der Waals surface area contributed by atoms with Crippen LogP contribution in [0.5, 0.6) is 0 Å². The van der Waals surface area contributed by atoms with Gasteiger partial charge in [-0.05, 0) is 45.7 Å². The Balaban J connectivity index is 1.62. The maximum absolute atomic E-state index is 12.5. The van der Waals surface area contributed by atoms with Crippen molar-refractivity contribution in [3.05, 3.63) is 29.6 Å². The van der Waals surface area contributed by atoms with Crippen LogP contribution in [0.25, 0.3) is 0 Å². The lowest BCUT2D eigenvalue weighted by Gasteiger charge is -2.59. The summed E-state index contributed by atoms with van der Waals surface area (Å²) in [6.07, 6.45) is 3.43. The highest BCUT2D eigenvalue weighted by molar-refractivity contribution is 5.80. The molecule has 0 aromatic carbocycles. The Morgan fingerprint density at radius 2 is 1.95 bits per heavy atom. The van der Waals surface area contributed by atoms with Crippen molar-refractivity contribution < 1.29 is 4.79 Å². The summed E-state index contributed by atoms with van der Waals surface area (Å²) in [6.45, 7) is 10.8. The van der Waals surface area contributed by atoms with Crippen LogP contribution in [-0.4, -0.2) is 51.4 Å². The molecule has 2 bridgehead atoms. The number of piperazine rings is 1. The van der Waals surface area contributed by atoms with Crippen LogP contribution < -0.4 is 0 Å². The third kappa shape index (κ3) is 2.82. The predicted octanol–water partition coefficient (Wildman–Crippen LogP) is 2.02. The van der Waals surface area contributed by atoms with E-state index in [1.54, 1.807) is 0 Å². The van der Waals surface area contributed by atoms with E-state index in [0.29, 0.717) is 18.5 Å². The fourth-order valence-electron chi connectivity index (χ4n) is 3.41. The summed E-state index contributed by atoms with van der Waals surface area (Å²) in [4.78, 5) is 21.5. The lowest BCUT2D eigenvalue weighted by molar-refractivity contribution is -0.157. The van der Waals surface area contributed by atoms with Crippen molar-refractivity contribution in [2.75, 3.05) is 13.1 Å². The second-order valence-corrected chi connectivity index (χ2v) is 7.42. The molecule has 4 nitrogen and oxygen atoms in total. The van der Waals surface area contributed by atoms with Gasteiger partial charge in [0.1, 0.15) is 0 Å². The minimum Gasteiger partial charge on any atom is -0.334 e. The van der Waals surface area contributed by atoms with Crippen molar-refractivity contribution in [1.82, 2.24) is 14.8 Å². The zero-order valence-corrected chi connectivity index (χ0v) is 13.5. The lowest BCUT2D eigenvalue weighted by Crippen LogP contribution is -2.72. The van der Waals surface area contributed by atoms with Gasteiger partial charge in [-0.3, -0.25) is 14.7 Å². The first-order valence-corrected chi connectivity index (χ1v) is 7.82. The van der Waals surface area contributed by atoms with Crippen molar-refractivity contribution >= 4 is 5.91 Å². The third-order valence-corrected chi connectivity index (χ3v) is 4.73. The molecule has 2 fully saturated rings. The van der Waals surface area contributed by atoms with Gasteiger partial charge in [0.05, 0.1) is 6.42 Å². The van der Waals surface area contributed by atoms with Crippen LogP contribution in [0.2, 0.25) is 0 Å². The number of aryl methyl sites for hydroxylation is 1. The van der Waals surface area contributed by atoms with Gasteiger partial charge in [-0.25, -0.2) is 0 Å². The maximum atomic E-state index is 12.5. The quantitative estimate of drug-likeness (QED) is 0.835. The minimum absolute atomic E-state index is 0.199. The molecule has 1 amide bonds. The summed E-state index contributed by atoms with van der Waals surface area (Å²) >= 11 is 0. The zero-order chi connectivity index (χ0) is 15.2. The van der Waals surface area contributed by atoms with Crippen molar-refractivity contribution in [3.8, 4) is 0 Å². The van der Waals surface area contributed by atoms with Gasteiger partial charge in [0.25, 0.3) is 0 Å². The smallest absolute Gasteiger partial charge is 0.229 e. The van der Waals surface area contributed by atoms with Gasteiger partial charge in [-0.1, -0.05) is 6.07 Å². The summed E-state index contributed by atoms with van der Waals surface area (Å²) in [5.41, 5.74) is 2.21. The Hall–Kier alpha value is -1.42. The van der Waals surface area contributed by atoms with E-state index in [4.69, 9.17) is 0 Å². The molecule has 2 aliphatic rings. The number of hydrogen-bond donors (Lipinski definition) is 0. The number of likely N-dealkylation sites (tertiary alicyclic amines) is 2. The molecule has 2 unspecified atom stereocenters. The predicted molar refractivity (Wildman–Crippen MR) is 83.0 cm³/mol. The molecule has 114 valence electrons. The summed E-state index contributed by atoms with van der Waals surface area (Å²) in [6, 6.07) is 4.79. The van der Waals surface area contributed by atoms with Crippen molar-refractivity contribution in [2.45, 2.75) is 58.2 Å². The zero-order valence-electron chi connectivity index (χ0n) is 13.5. The first-order chi connectivity index (χ1) is 9.84. The SMILES string of the molecule is Cc1ccc(CC(=O)N2C3CC2CN(C(C)(C)C)C3)nc1. The van der Waals surface area contributed by atoms with Gasteiger partial charge < -0.3 is 4.90 Å². The molecule has 2 atom stereocenters. The first-order valence-electron chi connectivity index (χ1n) is 7.82. The number of hydrogen-bond acceptors (Lipinski definition) is 3. The highest BCUT2D eigenvalue weighted by Crippen LogP contribution is 2.35. The highest BCUT2D eigenvalue weighted by atomic mass is 16.2. The monoisotopic (exact) mass is 287 g/mol. The number of pyridine rings is 1.